The van der Waals surface area contributed by atoms with Gasteiger partial charge in [0.1, 0.15) is 5.41 Å². The van der Waals surface area contributed by atoms with Crippen molar-refractivity contribution in [2.75, 3.05) is 13.1 Å². The third-order valence-corrected chi connectivity index (χ3v) is 8.34. The molecule has 2 atom stereocenters. The molecule has 208 valence electrons. The van der Waals surface area contributed by atoms with Crippen LogP contribution in [0.25, 0.3) is 21.5 Å². The summed E-state index contributed by atoms with van der Waals surface area (Å²) in [5.74, 6) is -1.06. The Morgan fingerprint density at radius 2 is 1.18 bits per heavy atom. The quantitative estimate of drug-likeness (QED) is 0.253. The molecule has 4 aromatic carbocycles. The first-order valence-electron chi connectivity index (χ1n) is 14.0. The molecular formula is C34H38N2O4. The van der Waals surface area contributed by atoms with Gasteiger partial charge in [0.2, 0.25) is 11.8 Å². The average molecular weight is 539 g/mol. The summed E-state index contributed by atoms with van der Waals surface area (Å²) in [5, 5.41) is 27.6. The molecule has 6 heteroatoms. The van der Waals surface area contributed by atoms with Crippen LogP contribution in [0.5, 0.6) is 0 Å². The Morgan fingerprint density at radius 3 is 1.57 bits per heavy atom. The molecule has 0 aliphatic heterocycles. The molecule has 1 aliphatic rings. The zero-order valence-corrected chi connectivity index (χ0v) is 23.3. The summed E-state index contributed by atoms with van der Waals surface area (Å²) in [7, 11) is 0. The van der Waals surface area contributed by atoms with Crippen LogP contribution in [0.3, 0.4) is 0 Å². The number of amides is 2. The minimum atomic E-state index is -1.32. The Hall–Kier alpha value is -3.74. The van der Waals surface area contributed by atoms with Crippen molar-refractivity contribution in [3.63, 3.8) is 0 Å². The minimum Gasteiger partial charge on any atom is -0.388 e. The van der Waals surface area contributed by atoms with Crippen molar-refractivity contribution in [2.45, 2.75) is 57.2 Å². The smallest absolute Gasteiger partial charge is 0.238 e. The highest BCUT2D eigenvalue weighted by Crippen LogP contribution is 2.43. The van der Waals surface area contributed by atoms with Crippen molar-refractivity contribution in [1.29, 1.82) is 0 Å². The van der Waals surface area contributed by atoms with Crippen molar-refractivity contribution < 1.29 is 19.8 Å². The topological polar surface area (TPSA) is 104 Å². The molecule has 5 rings (SSSR count). The van der Waals surface area contributed by atoms with Crippen LogP contribution < -0.4 is 5.73 Å². The second kappa shape index (κ2) is 10.7. The van der Waals surface area contributed by atoms with Crippen LogP contribution >= 0.6 is 0 Å². The molecule has 40 heavy (non-hydrogen) atoms. The Labute approximate surface area is 235 Å². The van der Waals surface area contributed by atoms with E-state index < -0.39 is 28.4 Å². The molecule has 1 aliphatic carbocycles. The van der Waals surface area contributed by atoms with Gasteiger partial charge in [-0.1, -0.05) is 91.3 Å². The molecule has 0 bridgehead atoms. The van der Waals surface area contributed by atoms with Crippen molar-refractivity contribution in [2.24, 2.45) is 11.1 Å². The Kier molecular flexibility index (Phi) is 7.42. The van der Waals surface area contributed by atoms with Gasteiger partial charge in [0.25, 0.3) is 0 Å². The van der Waals surface area contributed by atoms with E-state index in [1.165, 1.54) is 4.90 Å². The van der Waals surface area contributed by atoms with Crippen molar-refractivity contribution in [3.05, 3.63) is 96.1 Å². The Morgan fingerprint density at radius 1 is 0.750 bits per heavy atom. The number of nitrogens with zero attached hydrogens (tertiary/aromatic N) is 1. The van der Waals surface area contributed by atoms with E-state index in [-0.39, 0.29) is 13.1 Å². The molecule has 0 saturated heterocycles. The lowest BCUT2D eigenvalue weighted by molar-refractivity contribution is -0.161. The van der Waals surface area contributed by atoms with Gasteiger partial charge in [-0.05, 0) is 59.4 Å². The molecule has 0 spiro atoms. The standard InChI is InChI=1S/C34H38N2O4/c1-32(39,20-26-14-7-12-24-10-3-5-16-28(24)26)22-36(31(38)34(30(35)37)18-9-19-34)23-33(2,40)21-27-15-8-13-25-11-4-6-17-29(25)27/h3-8,10-17,39-40H,9,18-23H2,1-2H3,(H2,35,37). The van der Waals surface area contributed by atoms with Gasteiger partial charge in [-0.25, -0.2) is 0 Å². The van der Waals surface area contributed by atoms with E-state index in [4.69, 9.17) is 5.73 Å². The first-order valence-corrected chi connectivity index (χ1v) is 14.0. The van der Waals surface area contributed by atoms with Gasteiger partial charge < -0.3 is 20.8 Å². The summed E-state index contributed by atoms with van der Waals surface area (Å²) in [6.45, 7) is 3.31. The zero-order valence-electron chi connectivity index (χ0n) is 23.3. The van der Waals surface area contributed by atoms with E-state index in [0.29, 0.717) is 25.7 Å². The average Bonchev–Trinajstić information content (AvgIpc) is 2.87. The van der Waals surface area contributed by atoms with Gasteiger partial charge >= 0.3 is 0 Å². The number of carbonyl (C=O) groups excluding carboxylic acids is 2. The van der Waals surface area contributed by atoms with Crippen LogP contribution in [0.4, 0.5) is 0 Å². The lowest BCUT2D eigenvalue weighted by Crippen LogP contribution is -2.60. The molecule has 2 amide bonds. The van der Waals surface area contributed by atoms with Crippen LogP contribution in [0.2, 0.25) is 0 Å². The number of nitrogens with two attached hydrogens (primary N) is 1. The maximum absolute atomic E-state index is 14.0. The molecule has 4 N–H and O–H groups in total. The van der Waals surface area contributed by atoms with Crippen LogP contribution in [0, 0.1) is 5.41 Å². The number of benzene rings is 4. The largest absolute Gasteiger partial charge is 0.388 e. The molecule has 2 unspecified atom stereocenters. The van der Waals surface area contributed by atoms with Crippen molar-refractivity contribution in [1.82, 2.24) is 4.90 Å². The SMILES string of the molecule is CC(O)(Cc1cccc2ccccc12)CN(CC(C)(O)Cc1cccc2ccccc12)C(=O)C1(C(N)=O)CCC1. The number of carbonyl (C=O) groups is 2. The van der Waals surface area contributed by atoms with E-state index in [0.717, 1.165) is 39.1 Å². The van der Waals surface area contributed by atoms with Gasteiger partial charge in [0.05, 0.1) is 11.2 Å². The molecule has 1 saturated carbocycles. The van der Waals surface area contributed by atoms with E-state index in [1.54, 1.807) is 13.8 Å². The third-order valence-electron chi connectivity index (χ3n) is 8.34. The van der Waals surface area contributed by atoms with Gasteiger partial charge in [0, 0.05) is 25.9 Å². The third kappa shape index (κ3) is 5.60. The summed E-state index contributed by atoms with van der Waals surface area (Å²) in [4.78, 5) is 28.0. The number of primary amides is 1. The predicted octanol–water partition coefficient (Wildman–Crippen LogP) is 4.76. The normalized spacial score (nSPS) is 17.5. The molecular weight excluding hydrogens is 500 g/mol. The molecule has 6 nitrogen and oxygen atoms in total. The van der Waals surface area contributed by atoms with E-state index >= 15 is 0 Å². The van der Waals surface area contributed by atoms with Gasteiger partial charge in [-0.15, -0.1) is 0 Å². The number of fused-ring (bicyclic) bond motifs is 2. The fourth-order valence-corrected chi connectivity index (χ4v) is 6.25. The van der Waals surface area contributed by atoms with E-state index in [9.17, 15) is 19.8 Å². The number of rotatable bonds is 10. The fraction of sp³-hybridized carbons (Fsp3) is 0.353. The lowest BCUT2D eigenvalue weighted by atomic mass is 9.67. The summed E-state index contributed by atoms with van der Waals surface area (Å²) in [6.07, 6.45) is 2.10. The van der Waals surface area contributed by atoms with Crippen molar-refractivity contribution >= 4 is 33.4 Å². The molecule has 0 heterocycles. The maximum atomic E-state index is 14.0. The fourth-order valence-electron chi connectivity index (χ4n) is 6.25. The number of hydrogen-bond donors (Lipinski definition) is 3. The van der Waals surface area contributed by atoms with Crippen LogP contribution in [0.15, 0.2) is 84.9 Å². The molecule has 0 aromatic heterocycles. The molecule has 4 aromatic rings. The van der Waals surface area contributed by atoms with Crippen LogP contribution in [0.1, 0.15) is 44.2 Å². The van der Waals surface area contributed by atoms with Gasteiger partial charge in [-0.2, -0.15) is 0 Å². The zero-order chi connectivity index (χ0) is 28.5. The Balaban J connectivity index is 1.44. The second-order valence-electron chi connectivity index (χ2n) is 12.1. The number of hydrogen-bond acceptors (Lipinski definition) is 4. The molecule has 0 radical (unpaired) electrons. The van der Waals surface area contributed by atoms with E-state index in [2.05, 4.69) is 0 Å². The predicted molar refractivity (Wildman–Crippen MR) is 159 cm³/mol. The second-order valence-corrected chi connectivity index (χ2v) is 12.1. The highest BCUT2D eigenvalue weighted by atomic mass is 16.3. The maximum Gasteiger partial charge on any atom is 0.238 e. The summed E-state index contributed by atoms with van der Waals surface area (Å²) in [6, 6.07) is 27.9. The lowest BCUT2D eigenvalue weighted by Gasteiger charge is -2.44. The summed E-state index contributed by atoms with van der Waals surface area (Å²) in [5.41, 5.74) is 3.76. The van der Waals surface area contributed by atoms with Crippen LogP contribution in [-0.4, -0.2) is 51.2 Å². The number of aliphatic hydroxyl groups is 2. The van der Waals surface area contributed by atoms with Crippen molar-refractivity contribution in [3.8, 4) is 0 Å². The highest BCUT2D eigenvalue weighted by molar-refractivity contribution is 6.05. The Bertz CT molecular complexity index is 1450. The molecule has 1 fully saturated rings. The monoisotopic (exact) mass is 538 g/mol. The summed E-state index contributed by atoms with van der Waals surface area (Å²) < 4.78 is 0. The highest BCUT2D eigenvalue weighted by Gasteiger charge is 2.52. The van der Waals surface area contributed by atoms with E-state index in [1.807, 2.05) is 84.9 Å². The minimum absolute atomic E-state index is 0.0459. The van der Waals surface area contributed by atoms with Crippen LogP contribution in [-0.2, 0) is 22.4 Å². The first-order chi connectivity index (χ1) is 19.0. The first kappa shape index (κ1) is 27.8. The summed E-state index contributed by atoms with van der Waals surface area (Å²) >= 11 is 0. The van der Waals surface area contributed by atoms with Gasteiger partial charge in [0.15, 0.2) is 0 Å². The van der Waals surface area contributed by atoms with Gasteiger partial charge in [-0.3, -0.25) is 9.59 Å².